The Balaban J connectivity index is 2.07. The van der Waals surface area contributed by atoms with Gasteiger partial charge in [-0.15, -0.1) is 0 Å². The van der Waals surface area contributed by atoms with Gasteiger partial charge in [-0.3, -0.25) is 9.59 Å². The predicted molar refractivity (Wildman–Crippen MR) is 78.2 cm³/mol. The van der Waals surface area contributed by atoms with Gasteiger partial charge in [0.15, 0.2) is 0 Å². The number of hydrogen-bond acceptors (Lipinski definition) is 3. The molecule has 0 saturated carbocycles. The topological polar surface area (TPSA) is 66.6 Å². The van der Waals surface area contributed by atoms with Crippen LogP contribution in [0.25, 0.3) is 0 Å². The van der Waals surface area contributed by atoms with E-state index in [9.17, 15) is 9.59 Å². The molecule has 0 atom stereocenters. The van der Waals surface area contributed by atoms with Crippen molar-refractivity contribution in [3.05, 3.63) is 28.8 Å². The van der Waals surface area contributed by atoms with Gasteiger partial charge in [0.1, 0.15) is 0 Å². The standard InChI is InChI=1S/C14H18ClN3O2/c1-2-5-17-6-7-18(14(20)13(17)19)9-10-3-4-11(15)8-12(10)16/h3-4,8H,2,5-7,9,16H2,1H3. The first-order chi connectivity index (χ1) is 9.52. The molecule has 20 heavy (non-hydrogen) atoms. The minimum absolute atomic E-state index is 0.341. The zero-order chi connectivity index (χ0) is 14.7. The second-order valence-corrected chi connectivity index (χ2v) is 5.30. The van der Waals surface area contributed by atoms with Crippen LogP contribution in [-0.2, 0) is 16.1 Å². The lowest BCUT2D eigenvalue weighted by Gasteiger charge is -2.33. The maximum atomic E-state index is 12.1. The number of rotatable bonds is 4. The van der Waals surface area contributed by atoms with Gasteiger partial charge in [0.25, 0.3) is 0 Å². The number of hydrogen-bond donors (Lipinski definition) is 1. The van der Waals surface area contributed by atoms with Crippen molar-refractivity contribution < 1.29 is 9.59 Å². The van der Waals surface area contributed by atoms with Crippen molar-refractivity contribution in [1.29, 1.82) is 0 Å². The number of nitrogens with two attached hydrogens (primary N) is 1. The van der Waals surface area contributed by atoms with Crippen molar-refractivity contribution in [2.75, 3.05) is 25.4 Å². The van der Waals surface area contributed by atoms with E-state index in [4.69, 9.17) is 17.3 Å². The molecule has 2 N–H and O–H groups in total. The van der Waals surface area contributed by atoms with Crippen molar-refractivity contribution in [1.82, 2.24) is 9.80 Å². The lowest BCUT2D eigenvalue weighted by molar-refractivity contribution is -0.156. The highest BCUT2D eigenvalue weighted by atomic mass is 35.5. The summed E-state index contributed by atoms with van der Waals surface area (Å²) >= 11 is 5.84. The molecule has 0 bridgehead atoms. The Morgan fingerprint density at radius 3 is 2.50 bits per heavy atom. The van der Waals surface area contributed by atoms with E-state index < -0.39 is 11.8 Å². The number of halogens is 1. The van der Waals surface area contributed by atoms with Crippen molar-refractivity contribution in [3.8, 4) is 0 Å². The molecule has 0 aliphatic carbocycles. The van der Waals surface area contributed by atoms with Crippen LogP contribution in [0.3, 0.4) is 0 Å². The molecule has 5 nitrogen and oxygen atoms in total. The first kappa shape index (κ1) is 14.7. The number of carbonyl (C=O) groups excluding carboxylic acids is 2. The molecule has 2 rings (SSSR count). The molecule has 1 aromatic carbocycles. The summed E-state index contributed by atoms with van der Waals surface area (Å²) < 4.78 is 0. The fourth-order valence-electron chi connectivity index (χ4n) is 2.26. The monoisotopic (exact) mass is 295 g/mol. The Morgan fingerprint density at radius 1 is 1.20 bits per heavy atom. The second-order valence-electron chi connectivity index (χ2n) is 4.86. The number of nitrogens with zero attached hydrogens (tertiary/aromatic N) is 2. The molecule has 1 aliphatic heterocycles. The van der Waals surface area contributed by atoms with Crippen molar-refractivity contribution in [2.24, 2.45) is 0 Å². The Kier molecular flexibility index (Phi) is 4.49. The van der Waals surface area contributed by atoms with Crippen LogP contribution >= 0.6 is 11.6 Å². The highest BCUT2D eigenvalue weighted by Gasteiger charge is 2.31. The van der Waals surface area contributed by atoms with Gasteiger partial charge in [-0.05, 0) is 24.1 Å². The van der Waals surface area contributed by atoms with Gasteiger partial charge in [-0.1, -0.05) is 24.6 Å². The summed E-state index contributed by atoms with van der Waals surface area (Å²) in [6, 6.07) is 5.16. The number of amides is 2. The van der Waals surface area contributed by atoms with Gasteiger partial charge in [0.2, 0.25) is 0 Å². The number of benzene rings is 1. The summed E-state index contributed by atoms with van der Waals surface area (Å²) in [4.78, 5) is 27.1. The molecular weight excluding hydrogens is 278 g/mol. The average molecular weight is 296 g/mol. The first-order valence-corrected chi connectivity index (χ1v) is 7.02. The highest BCUT2D eigenvalue weighted by molar-refractivity contribution is 6.35. The summed E-state index contributed by atoms with van der Waals surface area (Å²) in [5, 5.41) is 0.557. The number of nitrogen functional groups attached to an aromatic ring is 1. The van der Waals surface area contributed by atoms with Gasteiger partial charge in [0, 0.05) is 36.9 Å². The highest BCUT2D eigenvalue weighted by Crippen LogP contribution is 2.20. The summed E-state index contributed by atoms with van der Waals surface area (Å²) in [5.41, 5.74) is 7.22. The van der Waals surface area contributed by atoms with Crippen molar-refractivity contribution in [2.45, 2.75) is 19.9 Å². The van der Waals surface area contributed by atoms with Crippen molar-refractivity contribution in [3.63, 3.8) is 0 Å². The summed E-state index contributed by atoms with van der Waals surface area (Å²) in [6.45, 7) is 4.06. The van der Waals surface area contributed by atoms with Gasteiger partial charge in [-0.25, -0.2) is 0 Å². The normalized spacial score (nSPS) is 15.9. The Hall–Kier alpha value is -1.75. The third-order valence-electron chi connectivity index (χ3n) is 3.36. The molecule has 1 heterocycles. The molecule has 108 valence electrons. The molecule has 6 heteroatoms. The minimum Gasteiger partial charge on any atom is -0.398 e. The molecule has 1 aromatic rings. The fraction of sp³-hybridized carbons (Fsp3) is 0.429. The third kappa shape index (κ3) is 3.04. The van der Waals surface area contributed by atoms with E-state index >= 15 is 0 Å². The van der Waals surface area contributed by atoms with E-state index in [0.29, 0.717) is 36.9 Å². The van der Waals surface area contributed by atoms with Crippen LogP contribution < -0.4 is 5.73 Å². The van der Waals surface area contributed by atoms with Crippen LogP contribution in [0.2, 0.25) is 5.02 Å². The number of carbonyl (C=O) groups is 2. The Bertz CT molecular complexity index is 533. The van der Waals surface area contributed by atoms with E-state index in [-0.39, 0.29) is 0 Å². The zero-order valence-corrected chi connectivity index (χ0v) is 12.2. The molecule has 0 radical (unpaired) electrons. The zero-order valence-electron chi connectivity index (χ0n) is 11.4. The van der Waals surface area contributed by atoms with Gasteiger partial charge in [0.05, 0.1) is 0 Å². The van der Waals surface area contributed by atoms with E-state index in [1.165, 1.54) is 4.90 Å². The van der Waals surface area contributed by atoms with Crippen LogP contribution in [0, 0.1) is 0 Å². The van der Waals surface area contributed by atoms with Gasteiger partial charge >= 0.3 is 11.8 Å². The van der Waals surface area contributed by atoms with Crippen LogP contribution in [0.5, 0.6) is 0 Å². The molecule has 2 amide bonds. The van der Waals surface area contributed by atoms with E-state index in [1.807, 2.05) is 6.92 Å². The molecule has 0 aromatic heterocycles. The Morgan fingerprint density at radius 2 is 1.85 bits per heavy atom. The summed E-state index contributed by atoms with van der Waals surface area (Å²) in [5.74, 6) is -0.885. The largest absolute Gasteiger partial charge is 0.398 e. The lowest BCUT2D eigenvalue weighted by atomic mass is 10.1. The van der Waals surface area contributed by atoms with E-state index in [0.717, 1.165) is 12.0 Å². The van der Waals surface area contributed by atoms with E-state index in [2.05, 4.69) is 0 Å². The SMILES string of the molecule is CCCN1CCN(Cc2ccc(Cl)cc2N)C(=O)C1=O. The lowest BCUT2D eigenvalue weighted by Crippen LogP contribution is -2.53. The number of piperazine rings is 1. The van der Waals surface area contributed by atoms with Crippen LogP contribution in [0.15, 0.2) is 18.2 Å². The smallest absolute Gasteiger partial charge is 0.312 e. The molecule has 1 fully saturated rings. The van der Waals surface area contributed by atoms with Crippen LogP contribution in [-0.4, -0.2) is 41.2 Å². The number of anilines is 1. The van der Waals surface area contributed by atoms with Crippen LogP contribution in [0.4, 0.5) is 5.69 Å². The summed E-state index contributed by atoms with van der Waals surface area (Å²) in [6.07, 6.45) is 0.850. The molecule has 1 aliphatic rings. The fourth-order valence-corrected chi connectivity index (χ4v) is 2.45. The quantitative estimate of drug-likeness (QED) is 0.676. The first-order valence-electron chi connectivity index (χ1n) is 6.65. The van der Waals surface area contributed by atoms with E-state index in [1.54, 1.807) is 23.1 Å². The molecular formula is C14H18ClN3O2. The third-order valence-corrected chi connectivity index (χ3v) is 3.59. The van der Waals surface area contributed by atoms with Gasteiger partial charge < -0.3 is 15.5 Å². The predicted octanol–water partition coefficient (Wildman–Crippen LogP) is 1.50. The van der Waals surface area contributed by atoms with Gasteiger partial charge in [-0.2, -0.15) is 0 Å². The van der Waals surface area contributed by atoms with Crippen molar-refractivity contribution >= 4 is 29.1 Å². The average Bonchev–Trinajstić information content (AvgIpc) is 2.41. The summed E-state index contributed by atoms with van der Waals surface area (Å²) in [7, 11) is 0. The minimum atomic E-state index is -0.459. The molecule has 0 spiro atoms. The second kappa shape index (κ2) is 6.13. The maximum Gasteiger partial charge on any atom is 0.312 e. The molecule has 0 unspecified atom stereocenters. The maximum absolute atomic E-state index is 12.1. The Labute approximate surface area is 123 Å². The van der Waals surface area contributed by atoms with Crippen LogP contribution in [0.1, 0.15) is 18.9 Å². The molecule has 1 saturated heterocycles.